The zero-order chi connectivity index (χ0) is 19.6. The van der Waals surface area contributed by atoms with E-state index in [-0.39, 0.29) is 29.1 Å². The van der Waals surface area contributed by atoms with Crippen LogP contribution in [0.15, 0.2) is 29.2 Å². The molecule has 2 fully saturated rings. The van der Waals surface area contributed by atoms with Gasteiger partial charge >= 0.3 is 11.9 Å². The number of carboxylic acids is 1. The number of nitrogens with one attached hydrogen (secondary N) is 1. The van der Waals surface area contributed by atoms with Gasteiger partial charge in [0.15, 0.2) is 0 Å². The molecule has 2 saturated carbocycles. The molecule has 1 aromatic carbocycles. The standard InChI is InChI=1S/C18H24N2O6S/c1-26-18(23)15-4-2-3-5-16(15)27(24,25)19-13-8-14(9-13)20(11-17(21)22)10-12-6-7-12/h2-5,12-14,19H,6-11H2,1H3,(H,21,22). The van der Waals surface area contributed by atoms with Crippen LogP contribution < -0.4 is 4.72 Å². The van der Waals surface area contributed by atoms with E-state index in [4.69, 9.17) is 5.11 Å². The van der Waals surface area contributed by atoms with Gasteiger partial charge in [-0.05, 0) is 43.7 Å². The van der Waals surface area contributed by atoms with Crippen LogP contribution in [-0.4, -0.2) is 62.6 Å². The predicted molar refractivity (Wildman–Crippen MR) is 96.8 cm³/mol. The second-order valence-corrected chi connectivity index (χ2v) is 8.88. The molecule has 0 heterocycles. The Balaban J connectivity index is 1.63. The quantitative estimate of drug-likeness (QED) is 0.601. The Morgan fingerprint density at radius 2 is 1.93 bits per heavy atom. The van der Waals surface area contributed by atoms with Gasteiger partial charge < -0.3 is 9.84 Å². The monoisotopic (exact) mass is 396 g/mol. The van der Waals surface area contributed by atoms with Crippen molar-refractivity contribution in [2.45, 2.75) is 42.7 Å². The molecule has 2 N–H and O–H groups in total. The maximum atomic E-state index is 12.7. The van der Waals surface area contributed by atoms with Crippen molar-refractivity contribution >= 4 is 22.0 Å². The number of aliphatic carboxylic acids is 1. The molecule has 2 aliphatic carbocycles. The van der Waals surface area contributed by atoms with Crippen molar-refractivity contribution in [3.05, 3.63) is 29.8 Å². The molecule has 0 atom stereocenters. The summed E-state index contributed by atoms with van der Waals surface area (Å²) in [6.45, 7) is 0.730. The van der Waals surface area contributed by atoms with Gasteiger partial charge in [-0.15, -0.1) is 0 Å². The van der Waals surface area contributed by atoms with Gasteiger partial charge in [0.25, 0.3) is 0 Å². The normalized spacial score (nSPS) is 22.3. The molecule has 0 bridgehead atoms. The molecule has 0 radical (unpaired) electrons. The molecule has 0 aliphatic heterocycles. The van der Waals surface area contributed by atoms with Crippen LogP contribution in [0.25, 0.3) is 0 Å². The van der Waals surface area contributed by atoms with Gasteiger partial charge in [0, 0.05) is 18.6 Å². The molecule has 0 unspecified atom stereocenters. The zero-order valence-electron chi connectivity index (χ0n) is 15.1. The zero-order valence-corrected chi connectivity index (χ0v) is 15.9. The molecule has 148 valence electrons. The fourth-order valence-corrected chi connectivity index (χ4v) is 4.85. The van der Waals surface area contributed by atoms with E-state index in [1.165, 1.54) is 19.2 Å². The highest BCUT2D eigenvalue weighted by atomic mass is 32.2. The molecule has 8 nitrogen and oxygen atoms in total. The minimum Gasteiger partial charge on any atom is -0.480 e. The Kier molecular flexibility index (Phi) is 5.83. The fraction of sp³-hybridized carbons (Fsp3) is 0.556. The molecule has 0 spiro atoms. The predicted octanol–water partition coefficient (Wildman–Crippen LogP) is 1.08. The summed E-state index contributed by atoms with van der Waals surface area (Å²) in [4.78, 5) is 24.7. The number of rotatable bonds is 9. The third kappa shape index (κ3) is 4.85. The van der Waals surface area contributed by atoms with Crippen molar-refractivity contribution in [1.82, 2.24) is 9.62 Å². The molecular formula is C18H24N2O6S. The van der Waals surface area contributed by atoms with Gasteiger partial charge in [-0.3, -0.25) is 9.69 Å². The van der Waals surface area contributed by atoms with E-state index in [0.717, 1.165) is 19.4 Å². The van der Waals surface area contributed by atoms with Crippen LogP contribution >= 0.6 is 0 Å². The number of nitrogens with zero attached hydrogens (tertiary/aromatic N) is 1. The maximum absolute atomic E-state index is 12.7. The molecule has 1 aromatic rings. The van der Waals surface area contributed by atoms with Crippen LogP contribution in [0, 0.1) is 5.92 Å². The van der Waals surface area contributed by atoms with Crippen LogP contribution in [0.5, 0.6) is 0 Å². The first kappa shape index (κ1) is 19.8. The van der Waals surface area contributed by atoms with Gasteiger partial charge in [-0.2, -0.15) is 0 Å². The summed E-state index contributed by atoms with van der Waals surface area (Å²) >= 11 is 0. The molecule has 2 aliphatic rings. The summed E-state index contributed by atoms with van der Waals surface area (Å²) in [6.07, 6.45) is 3.37. The first-order chi connectivity index (χ1) is 12.8. The SMILES string of the molecule is COC(=O)c1ccccc1S(=O)(=O)NC1CC(N(CC(=O)O)CC2CC2)C1. The topological polar surface area (TPSA) is 113 Å². The number of carbonyl (C=O) groups is 2. The van der Waals surface area contributed by atoms with Crippen molar-refractivity contribution in [3.8, 4) is 0 Å². The molecule has 0 amide bonds. The Bertz CT molecular complexity index is 815. The minimum absolute atomic E-state index is 0.00962. The van der Waals surface area contributed by atoms with Crippen LogP contribution in [-0.2, 0) is 19.6 Å². The second kappa shape index (κ2) is 7.95. The molecule has 0 saturated heterocycles. The van der Waals surface area contributed by atoms with Crippen molar-refractivity contribution in [1.29, 1.82) is 0 Å². The highest BCUT2D eigenvalue weighted by Gasteiger charge is 2.39. The average molecular weight is 396 g/mol. The summed E-state index contributed by atoms with van der Waals surface area (Å²) in [5, 5.41) is 9.10. The highest BCUT2D eigenvalue weighted by molar-refractivity contribution is 7.89. The molecular weight excluding hydrogens is 372 g/mol. The van der Waals surface area contributed by atoms with Crippen molar-refractivity contribution < 1.29 is 27.9 Å². The number of hydrogen-bond acceptors (Lipinski definition) is 6. The molecule has 3 rings (SSSR count). The Morgan fingerprint density at radius 3 is 2.52 bits per heavy atom. The first-order valence-corrected chi connectivity index (χ1v) is 10.4. The van der Waals surface area contributed by atoms with Gasteiger partial charge in [-0.1, -0.05) is 12.1 Å². The number of carbonyl (C=O) groups excluding carboxylic acids is 1. The lowest BCUT2D eigenvalue weighted by Crippen LogP contribution is -2.55. The van der Waals surface area contributed by atoms with Gasteiger partial charge in [0.05, 0.1) is 24.1 Å². The largest absolute Gasteiger partial charge is 0.480 e. The number of methoxy groups -OCH3 is 1. The van der Waals surface area contributed by atoms with Gasteiger partial charge in [0.2, 0.25) is 10.0 Å². The van der Waals surface area contributed by atoms with Crippen molar-refractivity contribution in [2.75, 3.05) is 20.2 Å². The van der Waals surface area contributed by atoms with Crippen LogP contribution in [0.2, 0.25) is 0 Å². The Hall–Kier alpha value is -1.97. The lowest BCUT2D eigenvalue weighted by Gasteiger charge is -2.42. The average Bonchev–Trinajstić information content (AvgIpc) is 3.40. The van der Waals surface area contributed by atoms with E-state index >= 15 is 0 Å². The van der Waals surface area contributed by atoms with E-state index in [1.54, 1.807) is 12.1 Å². The third-order valence-corrected chi connectivity index (χ3v) is 6.64. The second-order valence-electron chi connectivity index (χ2n) is 7.20. The highest BCUT2D eigenvalue weighted by Crippen LogP contribution is 2.34. The summed E-state index contributed by atoms with van der Waals surface area (Å²) in [6, 6.07) is 5.69. The number of sulfonamides is 1. The summed E-state index contributed by atoms with van der Waals surface area (Å²) in [5.41, 5.74) is -0.00962. The lowest BCUT2D eigenvalue weighted by atomic mass is 9.86. The van der Waals surface area contributed by atoms with Crippen molar-refractivity contribution in [3.63, 3.8) is 0 Å². The molecule has 0 aromatic heterocycles. The Labute approximate surface area is 158 Å². The molecule has 9 heteroatoms. The third-order valence-electron chi connectivity index (χ3n) is 5.06. The number of carboxylic acid groups (broad SMARTS) is 1. The summed E-state index contributed by atoms with van der Waals surface area (Å²) in [5.74, 6) is -1.02. The number of hydrogen-bond donors (Lipinski definition) is 2. The van der Waals surface area contributed by atoms with E-state index in [0.29, 0.717) is 18.8 Å². The number of esters is 1. The van der Waals surface area contributed by atoms with Gasteiger partial charge in [0.1, 0.15) is 0 Å². The summed E-state index contributed by atoms with van der Waals surface area (Å²) in [7, 11) is -2.67. The van der Waals surface area contributed by atoms with E-state index in [1.807, 2.05) is 4.90 Å². The van der Waals surface area contributed by atoms with E-state index in [9.17, 15) is 18.0 Å². The van der Waals surface area contributed by atoms with E-state index < -0.39 is 22.0 Å². The van der Waals surface area contributed by atoms with E-state index in [2.05, 4.69) is 9.46 Å². The minimum atomic E-state index is -3.87. The fourth-order valence-electron chi connectivity index (χ4n) is 3.39. The van der Waals surface area contributed by atoms with Crippen LogP contribution in [0.3, 0.4) is 0 Å². The molecule has 27 heavy (non-hydrogen) atoms. The Morgan fingerprint density at radius 1 is 1.26 bits per heavy atom. The maximum Gasteiger partial charge on any atom is 0.339 e. The summed E-state index contributed by atoms with van der Waals surface area (Å²) < 4.78 is 32.7. The first-order valence-electron chi connectivity index (χ1n) is 8.95. The lowest BCUT2D eigenvalue weighted by molar-refractivity contribution is -0.139. The van der Waals surface area contributed by atoms with Crippen LogP contribution in [0.4, 0.5) is 0 Å². The van der Waals surface area contributed by atoms with Crippen LogP contribution in [0.1, 0.15) is 36.0 Å². The van der Waals surface area contributed by atoms with Crippen molar-refractivity contribution in [2.24, 2.45) is 5.92 Å². The van der Waals surface area contributed by atoms with Gasteiger partial charge in [-0.25, -0.2) is 17.9 Å². The number of ether oxygens (including phenoxy) is 1. The number of benzene rings is 1. The smallest absolute Gasteiger partial charge is 0.339 e.